The molecule has 4 aromatic rings. The minimum atomic E-state index is -4.66. The maximum Gasteiger partial charge on any atom is 0.418 e. The van der Waals surface area contributed by atoms with E-state index < -0.39 is 70.6 Å². The zero-order chi connectivity index (χ0) is 38.0. The second-order valence-corrected chi connectivity index (χ2v) is 13.4. The van der Waals surface area contributed by atoms with E-state index in [1.54, 1.807) is 26.8 Å². The molecule has 0 saturated carbocycles. The number of aromatic carboxylic acids is 1. The molecule has 0 fully saturated rings. The van der Waals surface area contributed by atoms with E-state index in [9.17, 15) is 41.8 Å². The molecule has 1 aliphatic rings. The Morgan fingerprint density at radius 2 is 1.73 bits per heavy atom. The average Bonchev–Trinajstić information content (AvgIpc) is 3.74. The van der Waals surface area contributed by atoms with Gasteiger partial charge in [0.15, 0.2) is 0 Å². The molecule has 2 aromatic heterocycles. The number of benzene rings is 2. The van der Waals surface area contributed by atoms with Gasteiger partial charge in [0.25, 0.3) is 5.82 Å². The van der Waals surface area contributed by atoms with Crippen LogP contribution in [0.2, 0.25) is 0 Å². The summed E-state index contributed by atoms with van der Waals surface area (Å²) in [6.45, 7) is 7.13. The number of hydrogen-bond acceptors (Lipinski definition) is 7. The molecule has 0 saturated heterocycles. The quantitative estimate of drug-likeness (QED) is 0.113. The van der Waals surface area contributed by atoms with Crippen LogP contribution in [0.3, 0.4) is 0 Å². The van der Waals surface area contributed by atoms with Crippen LogP contribution < -0.4 is 16.0 Å². The number of aryl methyl sites for hydroxylation is 1. The zero-order valence-electron chi connectivity index (χ0n) is 29.0. The summed E-state index contributed by atoms with van der Waals surface area (Å²) in [4.78, 5) is 60.3. The largest absolute Gasteiger partial charge is 0.475 e. The first kappa shape index (κ1) is 38.0. The third kappa shape index (κ3) is 7.79. The minimum Gasteiger partial charge on any atom is -0.475 e. The summed E-state index contributed by atoms with van der Waals surface area (Å²) in [5, 5.41) is 21.5. The van der Waals surface area contributed by atoms with Gasteiger partial charge in [0.1, 0.15) is 23.4 Å². The molecule has 0 bridgehead atoms. The van der Waals surface area contributed by atoms with Crippen LogP contribution in [0.4, 0.5) is 17.6 Å². The van der Waals surface area contributed by atoms with E-state index in [2.05, 4.69) is 31.1 Å². The molecule has 3 amide bonds. The van der Waals surface area contributed by atoms with Crippen molar-refractivity contribution >= 4 is 34.6 Å². The van der Waals surface area contributed by atoms with Crippen molar-refractivity contribution in [1.29, 1.82) is 0 Å². The summed E-state index contributed by atoms with van der Waals surface area (Å²) < 4.78 is 61.6. The number of H-pyrrole nitrogens is 1. The summed E-state index contributed by atoms with van der Waals surface area (Å²) in [5.74, 6) is -5.74. The van der Waals surface area contributed by atoms with Crippen molar-refractivity contribution < 1.29 is 46.4 Å². The van der Waals surface area contributed by atoms with E-state index in [1.807, 2.05) is 6.92 Å². The molecule has 0 radical (unpaired) electrons. The molecular weight excluding hydrogens is 688 g/mol. The number of amides is 3. The van der Waals surface area contributed by atoms with E-state index >= 15 is 0 Å². The number of hydrogen-bond donors (Lipinski definition) is 5. The number of carboxylic acid groups (broad SMARTS) is 1. The lowest BCUT2D eigenvalue weighted by molar-refractivity contribution is -0.137. The van der Waals surface area contributed by atoms with Gasteiger partial charge in [0, 0.05) is 17.5 Å². The molecule has 278 valence electrons. The summed E-state index contributed by atoms with van der Waals surface area (Å²) in [6.07, 6.45) is -4.31. The number of aromatic nitrogens is 3. The van der Waals surface area contributed by atoms with Crippen molar-refractivity contribution in [3.05, 3.63) is 82.4 Å². The van der Waals surface area contributed by atoms with Crippen molar-refractivity contribution in [2.24, 2.45) is 11.8 Å². The molecule has 0 spiro atoms. The smallest absolute Gasteiger partial charge is 0.418 e. The predicted molar refractivity (Wildman–Crippen MR) is 179 cm³/mol. The lowest BCUT2D eigenvalue weighted by atomic mass is 9.78. The molecule has 12 nitrogen and oxygen atoms in total. The maximum atomic E-state index is 14.6. The van der Waals surface area contributed by atoms with Gasteiger partial charge in [-0.1, -0.05) is 70.9 Å². The van der Waals surface area contributed by atoms with E-state index in [0.29, 0.717) is 24.1 Å². The van der Waals surface area contributed by atoms with E-state index in [-0.39, 0.29) is 54.0 Å². The lowest BCUT2D eigenvalue weighted by Gasteiger charge is -2.39. The number of para-hydroxylation sites is 1. The molecule has 2 heterocycles. The van der Waals surface area contributed by atoms with Crippen LogP contribution in [0.15, 0.2) is 47.0 Å². The molecule has 2 aromatic carbocycles. The molecule has 2 unspecified atom stereocenters. The fourth-order valence-electron chi connectivity index (χ4n) is 6.53. The Balaban J connectivity index is 1.53. The van der Waals surface area contributed by atoms with Crippen molar-refractivity contribution in [2.45, 2.75) is 90.0 Å². The number of carboxylic acids is 1. The Labute approximate surface area is 296 Å². The molecule has 16 heteroatoms. The molecule has 0 aliphatic heterocycles. The van der Waals surface area contributed by atoms with Crippen molar-refractivity contribution in [3.63, 3.8) is 0 Å². The number of aromatic amines is 1. The highest BCUT2D eigenvalue weighted by molar-refractivity contribution is 5.97. The van der Waals surface area contributed by atoms with Crippen LogP contribution in [0.25, 0.3) is 10.9 Å². The highest BCUT2D eigenvalue weighted by Gasteiger charge is 2.47. The number of carbonyl (C=O) groups excluding carboxylic acids is 3. The minimum absolute atomic E-state index is 0.0560. The highest BCUT2D eigenvalue weighted by atomic mass is 19.4. The topological polar surface area (TPSA) is 179 Å². The average molecular weight is 729 g/mol. The van der Waals surface area contributed by atoms with Crippen molar-refractivity contribution in [1.82, 2.24) is 31.1 Å². The fraction of sp³-hybridized carbons (Fsp3) is 0.444. The first-order valence-electron chi connectivity index (χ1n) is 17.0. The molecular formula is C36H40F4N6O6. The fourth-order valence-corrected chi connectivity index (χ4v) is 6.53. The van der Waals surface area contributed by atoms with Crippen LogP contribution >= 0.6 is 0 Å². The van der Waals surface area contributed by atoms with Crippen LogP contribution in [0, 0.1) is 17.7 Å². The van der Waals surface area contributed by atoms with Crippen molar-refractivity contribution in [2.75, 3.05) is 0 Å². The number of rotatable bonds is 13. The molecule has 5 rings (SSSR count). The number of fused-ring (bicyclic) bond motifs is 3. The Kier molecular flexibility index (Phi) is 11.1. The zero-order valence-corrected chi connectivity index (χ0v) is 29.0. The monoisotopic (exact) mass is 728 g/mol. The number of halogens is 4. The van der Waals surface area contributed by atoms with Gasteiger partial charge in [0.05, 0.1) is 17.5 Å². The Morgan fingerprint density at radius 3 is 2.37 bits per heavy atom. The third-order valence-electron chi connectivity index (χ3n) is 9.93. The van der Waals surface area contributed by atoms with Gasteiger partial charge in [-0.2, -0.15) is 18.2 Å². The Hall–Kier alpha value is -5.28. The number of carbonyl (C=O) groups is 4. The van der Waals surface area contributed by atoms with Crippen LogP contribution in [-0.4, -0.2) is 55.5 Å². The highest BCUT2D eigenvalue weighted by Crippen LogP contribution is 2.40. The van der Waals surface area contributed by atoms with E-state index in [0.717, 1.165) is 6.07 Å². The van der Waals surface area contributed by atoms with Gasteiger partial charge in [-0.05, 0) is 53.1 Å². The second kappa shape index (κ2) is 15.1. The predicted octanol–water partition coefficient (Wildman–Crippen LogP) is 5.43. The summed E-state index contributed by atoms with van der Waals surface area (Å²) in [6, 6.07) is 7.30. The van der Waals surface area contributed by atoms with Gasteiger partial charge in [0.2, 0.25) is 23.6 Å². The Morgan fingerprint density at radius 1 is 1.02 bits per heavy atom. The third-order valence-corrected chi connectivity index (χ3v) is 9.93. The van der Waals surface area contributed by atoms with Gasteiger partial charge in [-0.3, -0.25) is 14.4 Å². The number of nitrogens with one attached hydrogen (secondary N) is 4. The molecule has 1 aliphatic carbocycles. The van der Waals surface area contributed by atoms with E-state index in [4.69, 9.17) is 4.52 Å². The van der Waals surface area contributed by atoms with Crippen molar-refractivity contribution in [3.8, 4) is 0 Å². The SMILES string of the molecule is CCC(C)[C@H](NC(=O)Cc1ccccc1F)C(=O)N[C@@]1(C(=O)N[C@H](c2nc(C(=O)O)no2)C(C)CC)CCc2[nH]c3c(C(F)(F)F)cccc3c2C1. The normalized spacial score (nSPS) is 18.2. The first-order chi connectivity index (χ1) is 24.6. The molecule has 5 N–H and O–H groups in total. The summed E-state index contributed by atoms with van der Waals surface area (Å²) in [5.41, 5.74) is -1.79. The summed E-state index contributed by atoms with van der Waals surface area (Å²) in [7, 11) is 0. The first-order valence-corrected chi connectivity index (χ1v) is 17.0. The van der Waals surface area contributed by atoms with E-state index in [1.165, 1.54) is 30.3 Å². The Bertz CT molecular complexity index is 1980. The van der Waals surface area contributed by atoms with Crippen LogP contribution in [-0.2, 0) is 39.8 Å². The van der Waals surface area contributed by atoms with Crippen LogP contribution in [0.1, 0.15) is 91.9 Å². The van der Waals surface area contributed by atoms with Gasteiger partial charge < -0.3 is 30.6 Å². The lowest BCUT2D eigenvalue weighted by Crippen LogP contribution is -2.65. The molecule has 5 atom stereocenters. The second-order valence-electron chi connectivity index (χ2n) is 13.4. The molecule has 52 heavy (non-hydrogen) atoms. The summed E-state index contributed by atoms with van der Waals surface area (Å²) >= 11 is 0. The number of nitrogens with zero attached hydrogens (tertiary/aromatic N) is 2. The maximum absolute atomic E-state index is 14.6. The standard InChI is InChI=1S/C36H40F4N6O6/c1-5-18(3)27(42-26(47)16-20-10-7-8-13-24(20)37)31(48)45-35(34(51)43-28(19(4)6-2)32-44-30(33(49)50)46-52-32)15-14-25-22(17-35)21-11-9-12-23(29(21)41-25)36(38,39)40/h7-13,18-19,27-28,41H,5-6,14-17H2,1-4H3,(H,42,47)(H,43,51)(H,45,48)(H,49,50)/t18?,19?,27-,28-,35-/m0/s1. The van der Waals surface area contributed by atoms with Crippen LogP contribution in [0.5, 0.6) is 0 Å². The van der Waals surface area contributed by atoms with Gasteiger partial charge in [-0.15, -0.1) is 0 Å². The van der Waals surface area contributed by atoms with Gasteiger partial charge >= 0.3 is 12.1 Å². The number of alkyl halides is 3. The van der Waals surface area contributed by atoms with Gasteiger partial charge in [-0.25, -0.2) is 9.18 Å².